The summed E-state index contributed by atoms with van der Waals surface area (Å²) in [4.78, 5) is 15.3. The Labute approximate surface area is 299 Å². The number of benzene rings is 7. The minimum atomic E-state index is -0.425. The maximum Gasteiger partial charge on any atom is 0.167 e. The summed E-state index contributed by atoms with van der Waals surface area (Å²) in [6.45, 7) is 0. The van der Waals surface area contributed by atoms with Crippen LogP contribution in [0.2, 0.25) is 0 Å². The molecule has 0 bridgehead atoms. The summed E-state index contributed by atoms with van der Waals surface area (Å²) in [7, 11) is 0. The molecule has 0 atom stereocenters. The summed E-state index contributed by atoms with van der Waals surface area (Å²) in [5.41, 5.74) is 6.33. The Balaban J connectivity index is 1.29. The molecule has 4 nitrogen and oxygen atoms in total. The molecule has 50 heavy (non-hydrogen) atoms. The van der Waals surface area contributed by atoms with E-state index in [1.54, 1.807) is 0 Å². The standard InChI is InChI=1S/C45H27N3OS/c1-4-14-28(15-5-1)31-26-36(29-16-6-2-7-17-29)42-37(27-31)40-34(22-13-25-39(40)50-42)44-46-43(30-18-8-3-9-19-30)47-45(48-44)35-23-12-21-33-32-20-10-11-24-38(32)49-41(33)35/h1-27H/i2D,6D,7D,16D,17D. The van der Waals surface area contributed by atoms with Gasteiger partial charge in [0.25, 0.3) is 0 Å². The normalized spacial score (nSPS) is 13.0. The van der Waals surface area contributed by atoms with Crippen LogP contribution in [0.4, 0.5) is 0 Å². The zero-order valence-corrected chi connectivity index (χ0v) is 27.2. The highest BCUT2D eigenvalue weighted by Gasteiger charge is 2.21. The molecule has 0 aliphatic carbocycles. The first kappa shape index (κ1) is 23.8. The van der Waals surface area contributed by atoms with Gasteiger partial charge in [0.05, 0.1) is 12.4 Å². The van der Waals surface area contributed by atoms with E-state index in [1.165, 1.54) is 11.3 Å². The van der Waals surface area contributed by atoms with Crippen molar-refractivity contribution in [2.45, 2.75) is 0 Å². The van der Waals surface area contributed by atoms with E-state index in [-0.39, 0.29) is 29.7 Å². The molecule has 7 aromatic carbocycles. The fourth-order valence-electron chi connectivity index (χ4n) is 6.74. The summed E-state index contributed by atoms with van der Waals surface area (Å²) in [5, 5.41) is 3.74. The maximum atomic E-state index is 8.94. The van der Waals surface area contributed by atoms with Crippen molar-refractivity contribution in [1.82, 2.24) is 15.0 Å². The Bertz CT molecular complexity index is 3130. The predicted molar refractivity (Wildman–Crippen MR) is 207 cm³/mol. The zero-order chi connectivity index (χ0) is 37.4. The molecule has 5 heteroatoms. The second-order valence-electron chi connectivity index (χ2n) is 12.0. The molecule has 234 valence electrons. The highest BCUT2D eigenvalue weighted by molar-refractivity contribution is 7.26. The lowest BCUT2D eigenvalue weighted by Gasteiger charge is -2.11. The van der Waals surface area contributed by atoms with E-state index in [4.69, 9.17) is 26.2 Å². The molecule has 0 saturated heterocycles. The quantitative estimate of drug-likeness (QED) is 0.184. The van der Waals surface area contributed by atoms with Crippen LogP contribution in [0.25, 0.3) is 98.5 Å². The number of nitrogens with zero attached hydrogens (tertiary/aromatic N) is 3. The van der Waals surface area contributed by atoms with Crippen LogP contribution in [0.1, 0.15) is 6.85 Å². The topological polar surface area (TPSA) is 51.8 Å². The van der Waals surface area contributed by atoms with Crippen molar-refractivity contribution in [3.63, 3.8) is 0 Å². The zero-order valence-electron chi connectivity index (χ0n) is 31.4. The van der Waals surface area contributed by atoms with E-state index in [0.29, 0.717) is 28.6 Å². The molecule has 10 aromatic rings. The summed E-state index contributed by atoms with van der Waals surface area (Å²) in [5.74, 6) is 1.45. The minimum absolute atomic E-state index is 0.162. The van der Waals surface area contributed by atoms with E-state index in [0.717, 1.165) is 64.3 Å². The number of aromatic nitrogens is 3. The van der Waals surface area contributed by atoms with Gasteiger partial charge >= 0.3 is 0 Å². The van der Waals surface area contributed by atoms with Gasteiger partial charge in [0.15, 0.2) is 17.5 Å². The third-order valence-electron chi connectivity index (χ3n) is 9.03. The SMILES string of the molecule is [2H]c1c([2H])c([2H])c(-c2cc(-c3ccccc3)cc3c2sc2cccc(-c4nc(-c5ccccc5)nc(-c5cccc6c5oc5ccccc56)n4)c23)c([2H])c1[2H]. The van der Waals surface area contributed by atoms with Crippen LogP contribution in [0.3, 0.4) is 0 Å². The van der Waals surface area contributed by atoms with Gasteiger partial charge in [0.2, 0.25) is 0 Å². The number of para-hydroxylation sites is 2. The summed E-state index contributed by atoms with van der Waals surface area (Å²) >= 11 is 1.51. The van der Waals surface area contributed by atoms with Gasteiger partial charge in [0.1, 0.15) is 11.2 Å². The van der Waals surface area contributed by atoms with Crippen LogP contribution in [0.5, 0.6) is 0 Å². The molecule has 0 radical (unpaired) electrons. The van der Waals surface area contributed by atoms with Crippen molar-refractivity contribution < 1.29 is 11.3 Å². The molecule has 0 spiro atoms. The van der Waals surface area contributed by atoms with E-state index in [1.807, 2.05) is 127 Å². The molecule has 3 heterocycles. The van der Waals surface area contributed by atoms with Gasteiger partial charge in [-0.3, -0.25) is 0 Å². The number of hydrogen-bond acceptors (Lipinski definition) is 5. The molecule has 0 saturated carbocycles. The Kier molecular flexibility index (Phi) is 5.54. The molecule has 3 aromatic heterocycles. The molecule has 10 rings (SSSR count). The Hall–Kier alpha value is -6.43. The molecule has 0 N–H and O–H groups in total. The number of furan rings is 1. The van der Waals surface area contributed by atoms with Gasteiger partial charge in [-0.15, -0.1) is 11.3 Å². The first-order valence-electron chi connectivity index (χ1n) is 18.7. The monoisotopic (exact) mass is 662 g/mol. The molecule has 0 aliphatic rings. The lowest BCUT2D eigenvalue weighted by atomic mass is 9.95. The van der Waals surface area contributed by atoms with Crippen LogP contribution in [0.15, 0.2) is 168 Å². The van der Waals surface area contributed by atoms with Gasteiger partial charge in [-0.05, 0) is 47.0 Å². The van der Waals surface area contributed by atoms with Crippen LogP contribution >= 0.6 is 11.3 Å². The molecular formula is C45H27N3OS. The lowest BCUT2D eigenvalue weighted by Crippen LogP contribution is -2.00. The molecular weight excluding hydrogens is 631 g/mol. The summed E-state index contributed by atoms with van der Waals surface area (Å²) < 4.78 is 51.3. The van der Waals surface area contributed by atoms with Crippen LogP contribution in [0, 0.1) is 0 Å². The van der Waals surface area contributed by atoms with Crippen molar-refractivity contribution in [3.8, 4) is 56.4 Å². The fraction of sp³-hybridized carbons (Fsp3) is 0. The van der Waals surface area contributed by atoms with E-state index < -0.39 is 6.04 Å². The highest BCUT2D eigenvalue weighted by atomic mass is 32.1. The molecule has 0 fully saturated rings. The average molecular weight is 663 g/mol. The van der Waals surface area contributed by atoms with Gasteiger partial charge in [-0.2, -0.15) is 0 Å². The number of rotatable bonds is 5. The van der Waals surface area contributed by atoms with E-state index in [2.05, 4.69) is 6.07 Å². The van der Waals surface area contributed by atoms with Gasteiger partial charge in [-0.1, -0.05) is 133 Å². The van der Waals surface area contributed by atoms with Crippen LogP contribution in [-0.2, 0) is 0 Å². The third kappa shape index (κ3) is 4.71. The van der Waals surface area contributed by atoms with E-state index in [9.17, 15) is 0 Å². The van der Waals surface area contributed by atoms with Crippen molar-refractivity contribution in [3.05, 3.63) is 164 Å². The smallest absolute Gasteiger partial charge is 0.167 e. The number of hydrogen-bond donors (Lipinski definition) is 0. The molecule has 0 unspecified atom stereocenters. The number of thiophene rings is 1. The second-order valence-corrected chi connectivity index (χ2v) is 13.1. The third-order valence-corrected chi connectivity index (χ3v) is 10.2. The van der Waals surface area contributed by atoms with Crippen LogP contribution < -0.4 is 0 Å². The first-order valence-corrected chi connectivity index (χ1v) is 17.0. The highest BCUT2D eigenvalue weighted by Crippen LogP contribution is 2.46. The van der Waals surface area contributed by atoms with Crippen molar-refractivity contribution >= 4 is 53.4 Å². The van der Waals surface area contributed by atoms with Gasteiger partial charge in [0, 0.05) is 47.6 Å². The Morgan fingerprint density at radius 2 is 1.14 bits per heavy atom. The lowest BCUT2D eigenvalue weighted by molar-refractivity contribution is 0.669. The van der Waals surface area contributed by atoms with Crippen molar-refractivity contribution in [2.24, 2.45) is 0 Å². The minimum Gasteiger partial charge on any atom is -0.455 e. The van der Waals surface area contributed by atoms with Crippen molar-refractivity contribution in [2.75, 3.05) is 0 Å². The number of fused-ring (bicyclic) bond motifs is 6. The van der Waals surface area contributed by atoms with E-state index >= 15 is 0 Å². The predicted octanol–water partition coefficient (Wildman–Crippen LogP) is 12.5. The molecule has 0 aliphatic heterocycles. The van der Waals surface area contributed by atoms with Crippen molar-refractivity contribution in [1.29, 1.82) is 0 Å². The largest absolute Gasteiger partial charge is 0.455 e. The summed E-state index contributed by atoms with van der Waals surface area (Å²) in [6.07, 6.45) is 0. The fourth-order valence-corrected chi connectivity index (χ4v) is 7.97. The maximum absolute atomic E-state index is 8.94. The second kappa shape index (κ2) is 11.6. The first-order chi connectivity index (χ1) is 26.9. The molecule has 0 amide bonds. The van der Waals surface area contributed by atoms with Gasteiger partial charge < -0.3 is 4.42 Å². The van der Waals surface area contributed by atoms with Gasteiger partial charge in [-0.25, -0.2) is 15.0 Å². The van der Waals surface area contributed by atoms with Crippen LogP contribution in [-0.4, -0.2) is 15.0 Å². The summed E-state index contributed by atoms with van der Waals surface area (Å²) in [6, 6.07) is 42.0. The average Bonchev–Trinajstić information content (AvgIpc) is 3.81. The Morgan fingerprint density at radius 1 is 0.480 bits per heavy atom. The Morgan fingerprint density at radius 3 is 1.96 bits per heavy atom.